The van der Waals surface area contributed by atoms with Crippen molar-refractivity contribution >= 4 is 53.9 Å². The van der Waals surface area contributed by atoms with Crippen LogP contribution in [0.25, 0.3) is 0 Å². The van der Waals surface area contributed by atoms with Gasteiger partial charge in [0.1, 0.15) is 0 Å². The molecule has 0 amide bonds. The van der Waals surface area contributed by atoms with Crippen LogP contribution >= 0.6 is 48.0 Å². The first-order valence-electron chi connectivity index (χ1n) is 15.0. The second-order valence-corrected chi connectivity index (χ2v) is 11.2. The van der Waals surface area contributed by atoms with Crippen molar-refractivity contribution in [2.45, 2.75) is 154 Å². The smallest absolute Gasteiger partial charge is 0.186 e. The third kappa shape index (κ3) is 19.4. The molecular formula is C29H60I2N4. The molecule has 0 aromatic carbocycles. The lowest BCUT2D eigenvalue weighted by molar-refractivity contribution is 0.291. The van der Waals surface area contributed by atoms with Crippen molar-refractivity contribution < 1.29 is 0 Å². The van der Waals surface area contributed by atoms with Crippen LogP contribution in [0.3, 0.4) is 0 Å². The van der Waals surface area contributed by atoms with Gasteiger partial charge in [-0.2, -0.15) is 0 Å². The second kappa shape index (κ2) is 25.0. The van der Waals surface area contributed by atoms with Crippen molar-refractivity contribution in [1.29, 1.82) is 0 Å². The number of rotatable bonds is 19. The Bertz CT molecular complexity index is 473. The Hall–Kier alpha value is 0.690. The first-order valence-corrected chi connectivity index (χ1v) is 15.0. The highest BCUT2D eigenvalue weighted by atomic mass is 127. The maximum absolute atomic E-state index is 5.70. The van der Waals surface area contributed by atoms with Crippen molar-refractivity contribution in [3.05, 3.63) is 0 Å². The predicted octanol–water partition coefficient (Wildman–Crippen LogP) is 8.69. The summed E-state index contributed by atoms with van der Waals surface area (Å²) in [6.45, 7) is 2.41. The summed E-state index contributed by atoms with van der Waals surface area (Å²) in [7, 11) is 0. The Morgan fingerprint density at radius 3 is 1.69 bits per heavy atom. The first kappa shape index (κ1) is 35.7. The van der Waals surface area contributed by atoms with Crippen LogP contribution in [0.2, 0.25) is 0 Å². The van der Waals surface area contributed by atoms with Crippen molar-refractivity contribution in [2.75, 3.05) is 13.1 Å². The summed E-state index contributed by atoms with van der Waals surface area (Å²) in [4.78, 5) is 4.59. The van der Waals surface area contributed by atoms with Gasteiger partial charge < -0.3 is 16.8 Å². The van der Waals surface area contributed by atoms with Crippen LogP contribution in [0.1, 0.15) is 148 Å². The van der Waals surface area contributed by atoms with Gasteiger partial charge in [0.05, 0.1) is 6.04 Å². The Kier molecular flexibility index (Phi) is 25.5. The molecule has 35 heavy (non-hydrogen) atoms. The number of halogens is 2. The summed E-state index contributed by atoms with van der Waals surface area (Å²) in [5.41, 5.74) is 11.4. The SMILES string of the molecule is I.I.NC(N)=NC(CCCCCCCNCCCCCCCCC1CCCCC1)C1CCCCC1. The Morgan fingerprint density at radius 2 is 1.11 bits per heavy atom. The molecule has 0 aromatic rings. The molecular weight excluding hydrogens is 658 g/mol. The van der Waals surface area contributed by atoms with Gasteiger partial charge in [0.25, 0.3) is 0 Å². The molecule has 2 saturated carbocycles. The van der Waals surface area contributed by atoms with E-state index in [0.29, 0.717) is 12.0 Å². The lowest BCUT2D eigenvalue weighted by Gasteiger charge is -2.27. The van der Waals surface area contributed by atoms with Gasteiger partial charge >= 0.3 is 0 Å². The zero-order valence-electron chi connectivity index (χ0n) is 22.8. The van der Waals surface area contributed by atoms with Crippen molar-refractivity contribution in [3.8, 4) is 0 Å². The number of unbranched alkanes of at least 4 members (excludes halogenated alkanes) is 9. The van der Waals surface area contributed by atoms with E-state index in [0.717, 1.165) is 5.92 Å². The molecule has 0 aromatic heterocycles. The molecule has 2 aliphatic rings. The molecule has 2 rings (SSSR count). The molecule has 1 atom stereocenters. The molecule has 0 bridgehead atoms. The highest BCUT2D eigenvalue weighted by Gasteiger charge is 2.22. The van der Waals surface area contributed by atoms with E-state index in [9.17, 15) is 0 Å². The summed E-state index contributed by atoms with van der Waals surface area (Å²) in [6.07, 6.45) is 32.2. The molecule has 0 aliphatic heterocycles. The van der Waals surface area contributed by atoms with Gasteiger partial charge in [-0.3, -0.25) is 4.99 Å². The molecule has 5 N–H and O–H groups in total. The van der Waals surface area contributed by atoms with E-state index in [4.69, 9.17) is 11.5 Å². The summed E-state index contributed by atoms with van der Waals surface area (Å²) in [5, 5.41) is 3.66. The lowest BCUT2D eigenvalue weighted by atomic mass is 9.82. The van der Waals surface area contributed by atoms with Crippen LogP contribution in [0.15, 0.2) is 4.99 Å². The topological polar surface area (TPSA) is 76.4 Å². The third-order valence-corrected chi connectivity index (χ3v) is 8.30. The molecule has 1 unspecified atom stereocenters. The molecule has 6 heteroatoms. The minimum atomic E-state index is 0. The Labute approximate surface area is 252 Å². The van der Waals surface area contributed by atoms with E-state index in [1.807, 2.05) is 0 Å². The number of nitrogens with two attached hydrogens (primary N) is 2. The largest absolute Gasteiger partial charge is 0.370 e. The van der Waals surface area contributed by atoms with Gasteiger partial charge in [0.2, 0.25) is 0 Å². The highest BCUT2D eigenvalue weighted by Crippen LogP contribution is 2.30. The average Bonchev–Trinajstić information content (AvgIpc) is 2.84. The van der Waals surface area contributed by atoms with E-state index in [2.05, 4.69) is 10.3 Å². The Balaban J connectivity index is 0.00000578. The minimum absolute atomic E-state index is 0. The summed E-state index contributed by atoms with van der Waals surface area (Å²) in [5.74, 6) is 2.07. The quantitative estimate of drug-likeness (QED) is 0.0542. The lowest BCUT2D eigenvalue weighted by Crippen LogP contribution is -2.29. The van der Waals surface area contributed by atoms with E-state index < -0.39 is 0 Å². The minimum Gasteiger partial charge on any atom is -0.370 e. The molecule has 0 saturated heterocycles. The van der Waals surface area contributed by atoms with Gasteiger partial charge in [-0.1, -0.05) is 116 Å². The number of nitrogens with one attached hydrogen (secondary N) is 1. The second-order valence-electron chi connectivity index (χ2n) is 11.2. The highest BCUT2D eigenvalue weighted by molar-refractivity contribution is 14.0. The summed E-state index contributed by atoms with van der Waals surface area (Å²) in [6, 6.07) is 0.369. The monoisotopic (exact) mass is 718 g/mol. The van der Waals surface area contributed by atoms with Crippen LogP contribution in [0.4, 0.5) is 0 Å². The van der Waals surface area contributed by atoms with Gasteiger partial charge in [0.15, 0.2) is 5.96 Å². The molecule has 2 fully saturated rings. The zero-order chi connectivity index (χ0) is 23.4. The van der Waals surface area contributed by atoms with E-state index >= 15 is 0 Å². The standard InChI is InChI=1S/C29H58N4.2HI/c30-29(31)33-28(27-21-13-9-14-22-27)23-15-5-3-7-17-25-32-24-16-6-2-1-4-10-18-26-19-11-8-12-20-26;;/h26-28,32H,1-25H2,(H4,30,31,33);2*1H. The normalized spacial score (nSPS) is 17.8. The maximum Gasteiger partial charge on any atom is 0.186 e. The average molecular weight is 719 g/mol. The fraction of sp³-hybridized carbons (Fsp3) is 0.966. The van der Waals surface area contributed by atoms with E-state index in [1.165, 1.54) is 161 Å². The molecule has 4 nitrogen and oxygen atoms in total. The van der Waals surface area contributed by atoms with Gasteiger partial charge in [-0.15, -0.1) is 48.0 Å². The fourth-order valence-corrected chi connectivity index (χ4v) is 6.24. The van der Waals surface area contributed by atoms with Crippen LogP contribution in [0, 0.1) is 11.8 Å². The van der Waals surface area contributed by atoms with E-state index in [-0.39, 0.29) is 53.9 Å². The number of aliphatic imine (C=N–C) groups is 1. The molecule has 210 valence electrons. The number of nitrogens with zero attached hydrogens (tertiary/aromatic N) is 1. The molecule has 0 spiro atoms. The Morgan fingerprint density at radius 1 is 0.629 bits per heavy atom. The first-order chi connectivity index (χ1) is 16.3. The van der Waals surface area contributed by atoms with E-state index in [1.54, 1.807) is 0 Å². The molecule has 0 radical (unpaired) electrons. The van der Waals surface area contributed by atoms with Gasteiger partial charge in [-0.25, -0.2) is 0 Å². The van der Waals surface area contributed by atoms with Crippen LogP contribution < -0.4 is 16.8 Å². The third-order valence-electron chi connectivity index (χ3n) is 8.30. The van der Waals surface area contributed by atoms with Gasteiger partial charge in [-0.05, 0) is 57.0 Å². The number of hydrogen-bond donors (Lipinski definition) is 3. The summed E-state index contributed by atoms with van der Waals surface area (Å²) < 4.78 is 0. The number of hydrogen-bond acceptors (Lipinski definition) is 2. The maximum atomic E-state index is 5.70. The van der Waals surface area contributed by atoms with Crippen molar-refractivity contribution in [2.24, 2.45) is 28.3 Å². The van der Waals surface area contributed by atoms with Crippen LogP contribution in [-0.2, 0) is 0 Å². The predicted molar refractivity (Wildman–Crippen MR) is 176 cm³/mol. The zero-order valence-corrected chi connectivity index (χ0v) is 27.5. The fourth-order valence-electron chi connectivity index (χ4n) is 6.24. The summed E-state index contributed by atoms with van der Waals surface area (Å²) >= 11 is 0. The number of guanidine groups is 1. The van der Waals surface area contributed by atoms with Crippen molar-refractivity contribution in [3.63, 3.8) is 0 Å². The van der Waals surface area contributed by atoms with Gasteiger partial charge in [0, 0.05) is 0 Å². The van der Waals surface area contributed by atoms with Crippen LogP contribution in [0.5, 0.6) is 0 Å². The van der Waals surface area contributed by atoms with Crippen molar-refractivity contribution in [1.82, 2.24) is 5.32 Å². The molecule has 0 heterocycles. The molecule has 2 aliphatic carbocycles. The van der Waals surface area contributed by atoms with Crippen LogP contribution in [-0.4, -0.2) is 25.1 Å².